The summed E-state index contributed by atoms with van der Waals surface area (Å²) in [5.74, 6) is -0.462. The van der Waals surface area contributed by atoms with Gasteiger partial charge in [0.05, 0.1) is 0 Å². The maximum absolute atomic E-state index is 12.8. The summed E-state index contributed by atoms with van der Waals surface area (Å²) in [5, 5.41) is 6.62. The molecule has 1 aromatic rings. The van der Waals surface area contributed by atoms with Gasteiger partial charge < -0.3 is 16.4 Å². The molecule has 0 spiro atoms. The summed E-state index contributed by atoms with van der Waals surface area (Å²) in [6, 6.07) is 10.3. The molecule has 2 rings (SSSR count). The highest BCUT2D eigenvalue weighted by Gasteiger charge is 2.35. The van der Waals surface area contributed by atoms with Crippen molar-refractivity contribution in [2.75, 3.05) is 6.54 Å². The number of nitrogens with one attached hydrogen (secondary N) is 2. The second-order valence-corrected chi connectivity index (χ2v) is 7.85. The van der Waals surface area contributed by atoms with E-state index in [9.17, 15) is 9.59 Å². The van der Waals surface area contributed by atoms with Crippen molar-refractivity contribution in [2.24, 2.45) is 23.5 Å². The average Bonchev–Trinajstić information content (AvgIpc) is 2.62. The van der Waals surface area contributed by atoms with E-state index in [0.29, 0.717) is 12.5 Å². The fraction of sp³-hybridized carbons (Fsp3) is 0.619. The molecule has 5 nitrogen and oxygen atoms in total. The van der Waals surface area contributed by atoms with Gasteiger partial charge in [0, 0.05) is 31.0 Å². The fourth-order valence-electron chi connectivity index (χ4n) is 3.84. The third-order valence-corrected chi connectivity index (χ3v) is 5.13. The van der Waals surface area contributed by atoms with Gasteiger partial charge in [0.25, 0.3) is 0 Å². The smallest absolute Gasteiger partial charge is 0.224 e. The Morgan fingerprint density at radius 2 is 1.77 bits per heavy atom. The Balaban J connectivity index is 1.90. The average molecular weight is 360 g/mol. The fourth-order valence-corrected chi connectivity index (χ4v) is 3.84. The van der Waals surface area contributed by atoms with Gasteiger partial charge in [-0.05, 0) is 30.7 Å². The molecule has 3 atom stereocenters. The van der Waals surface area contributed by atoms with Crippen LogP contribution in [0.4, 0.5) is 0 Å². The van der Waals surface area contributed by atoms with Gasteiger partial charge >= 0.3 is 0 Å². The summed E-state index contributed by atoms with van der Waals surface area (Å²) in [4.78, 5) is 24.5. The molecular formula is C21H33N3O2. The van der Waals surface area contributed by atoms with Crippen LogP contribution in [-0.2, 0) is 16.1 Å². The minimum absolute atomic E-state index is 0.0133. The Bertz CT molecular complexity index is 574. The van der Waals surface area contributed by atoms with Crippen LogP contribution >= 0.6 is 0 Å². The summed E-state index contributed by atoms with van der Waals surface area (Å²) in [7, 11) is 0. The minimum Gasteiger partial charge on any atom is -0.369 e. The largest absolute Gasteiger partial charge is 0.369 e. The van der Waals surface area contributed by atoms with Gasteiger partial charge in [-0.15, -0.1) is 0 Å². The number of carbonyl (C=O) groups is 2. The van der Waals surface area contributed by atoms with Crippen LogP contribution in [-0.4, -0.2) is 24.4 Å². The van der Waals surface area contributed by atoms with Gasteiger partial charge in [0.2, 0.25) is 11.8 Å². The number of primary amides is 1. The van der Waals surface area contributed by atoms with Crippen molar-refractivity contribution in [1.82, 2.24) is 10.6 Å². The van der Waals surface area contributed by atoms with Crippen LogP contribution in [0.15, 0.2) is 30.3 Å². The zero-order valence-corrected chi connectivity index (χ0v) is 16.0. The van der Waals surface area contributed by atoms with Crippen molar-refractivity contribution in [3.63, 3.8) is 0 Å². The SMILES string of the molecule is CC(C)CC(CNCc1ccccc1)NC(=O)[C@@H]1CCCC[C@@H]1C(N)=O. The molecule has 1 aromatic carbocycles. The first-order valence-corrected chi connectivity index (χ1v) is 9.81. The summed E-state index contributed by atoms with van der Waals surface area (Å²) in [5.41, 5.74) is 6.75. The monoisotopic (exact) mass is 359 g/mol. The number of benzene rings is 1. The summed E-state index contributed by atoms with van der Waals surface area (Å²) in [6.07, 6.45) is 4.36. The van der Waals surface area contributed by atoms with Crippen LogP contribution in [0.1, 0.15) is 51.5 Å². The lowest BCUT2D eigenvalue weighted by atomic mass is 9.78. The molecule has 0 heterocycles. The Morgan fingerprint density at radius 3 is 2.38 bits per heavy atom. The first kappa shape index (κ1) is 20.4. The topological polar surface area (TPSA) is 84.2 Å². The molecule has 5 heteroatoms. The molecule has 0 bridgehead atoms. The third-order valence-electron chi connectivity index (χ3n) is 5.13. The zero-order valence-electron chi connectivity index (χ0n) is 16.0. The lowest BCUT2D eigenvalue weighted by molar-refractivity contribution is -0.135. The molecule has 26 heavy (non-hydrogen) atoms. The van der Waals surface area contributed by atoms with Crippen molar-refractivity contribution in [3.8, 4) is 0 Å². The molecule has 4 N–H and O–H groups in total. The van der Waals surface area contributed by atoms with E-state index in [0.717, 1.165) is 38.6 Å². The minimum atomic E-state index is -0.340. The summed E-state index contributed by atoms with van der Waals surface area (Å²) >= 11 is 0. The standard InChI is InChI=1S/C21H33N3O2/c1-15(2)12-17(14-23-13-16-8-4-3-5-9-16)24-21(26)19-11-7-6-10-18(19)20(22)25/h3-5,8-9,15,17-19,23H,6-7,10-14H2,1-2H3,(H2,22,25)(H,24,26)/t17?,18-,19+/m0/s1. The predicted octanol–water partition coefficient (Wildman–Crippen LogP) is 2.60. The van der Waals surface area contributed by atoms with Gasteiger partial charge in [-0.1, -0.05) is 57.0 Å². The van der Waals surface area contributed by atoms with E-state index in [1.807, 2.05) is 18.2 Å². The van der Waals surface area contributed by atoms with E-state index in [4.69, 9.17) is 5.73 Å². The van der Waals surface area contributed by atoms with Crippen LogP contribution in [0.2, 0.25) is 0 Å². The molecule has 1 saturated carbocycles. The molecule has 0 saturated heterocycles. The second kappa shape index (κ2) is 10.3. The number of nitrogens with two attached hydrogens (primary N) is 1. The highest BCUT2D eigenvalue weighted by atomic mass is 16.2. The van der Waals surface area contributed by atoms with Crippen molar-refractivity contribution < 1.29 is 9.59 Å². The van der Waals surface area contributed by atoms with Crippen LogP contribution in [0.3, 0.4) is 0 Å². The first-order chi connectivity index (χ1) is 12.5. The Kier molecular flexibility index (Phi) is 8.10. The van der Waals surface area contributed by atoms with E-state index in [1.54, 1.807) is 0 Å². The van der Waals surface area contributed by atoms with Crippen LogP contribution in [0.5, 0.6) is 0 Å². The molecule has 1 aliphatic carbocycles. The van der Waals surface area contributed by atoms with E-state index < -0.39 is 0 Å². The van der Waals surface area contributed by atoms with Crippen molar-refractivity contribution >= 4 is 11.8 Å². The Morgan fingerprint density at radius 1 is 1.12 bits per heavy atom. The molecule has 0 aliphatic heterocycles. The first-order valence-electron chi connectivity index (χ1n) is 9.81. The van der Waals surface area contributed by atoms with Crippen molar-refractivity contribution in [3.05, 3.63) is 35.9 Å². The van der Waals surface area contributed by atoms with Crippen LogP contribution in [0, 0.1) is 17.8 Å². The second-order valence-electron chi connectivity index (χ2n) is 7.85. The molecule has 1 aliphatic rings. The number of hydrogen-bond acceptors (Lipinski definition) is 3. The maximum Gasteiger partial charge on any atom is 0.224 e. The molecule has 144 valence electrons. The number of rotatable bonds is 9. The zero-order chi connectivity index (χ0) is 18.9. The van der Waals surface area contributed by atoms with Crippen molar-refractivity contribution in [2.45, 2.75) is 58.5 Å². The third kappa shape index (κ3) is 6.45. The van der Waals surface area contributed by atoms with Gasteiger partial charge in [-0.25, -0.2) is 0 Å². The van der Waals surface area contributed by atoms with E-state index >= 15 is 0 Å². The Hall–Kier alpha value is -1.88. The quantitative estimate of drug-likeness (QED) is 0.634. The number of carbonyl (C=O) groups excluding carboxylic acids is 2. The predicted molar refractivity (Wildman–Crippen MR) is 104 cm³/mol. The van der Waals surface area contributed by atoms with E-state index in [-0.39, 0.29) is 29.7 Å². The van der Waals surface area contributed by atoms with Crippen LogP contribution in [0.25, 0.3) is 0 Å². The van der Waals surface area contributed by atoms with E-state index in [1.165, 1.54) is 5.56 Å². The van der Waals surface area contributed by atoms with Crippen molar-refractivity contribution in [1.29, 1.82) is 0 Å². The Labute approximate surface area is 157 Å². The highest BCUT2D eigenvalue weighted by Crippen LogP contribution is 2.30. The molecule has 1 fully saturated rings. The van der Waals surface area contributed by atoms with Gasteiger partial charge in [0.1, 0.15) is 0 Å². The summed E-state index contributed by atoms with van der Waals surface area (Å²) in [6.45, 7) is 5.80. The lowest BCUT2D eigenvalue weighted by Gasteiger charge is -2.30. The normalized spacial score (nSPS) is 21.3. The summed E-state index contributed by atoms with van der Waals surface area (Å²) < 4.78 is 0. The van der Waals surface area contributed by atoms with E-state index in [2.05, 4.69) is 36.6 Å². The number of hydrogen-bond donors (Lipinski definition) is 3. The van der Waals surface area contributed by atoms with Crippen LogP contribution < -0.4 is 16.4 Å². The molecular weight excluding hydrogens is 326 g/mol. The molecule has 1 unspecified atom stereocenters. The highest BCUT2D eigenvalue weighted by molar-refractivity contribution is 5.87. The van der Waals surface area contributed by atoms with Gasteiger partial charge in [-0.2, -0.15) is 0 Å². The molecule has 0 aromatic heterocycles. The number of amides is 2. The van der Waals surface area contributed by atoms with Gasteiger partial charge in [-0.3, -0.25) is 9.59 Å². The lowest BCUT2D eigenvalue weighted by Crippen LogP contribution is -2.48. The molecule has 0 radical (unpaired) electrons. The van der Waals surface area contributed by atoms with Gasteiger partial charge in [0.15, 0.2) is 0 Å². The molecule has 2 amide bonds. The maximum atomic E-state index is 12.8.